The average Bonchev–Trinajstić information content (AvgIpc) is 2.76. The van der Waals surface area contributed by atoms with E-state index in [2.05, 4.69) is 4.98 Å². The van der Waals surface area contributed by atoms with Crippen molar-refractivity contribution in [2.75, 3.05) is 12.4 Å². The maximum absolute atomic E-state index is 12.9. The van der Waals surface area contributed by atoms with Crippen molar-refractivity contribution in [1.29, 1.82) is 0 Å². The number of halogens is 1. The minimum atomic E-state index is -0.304. The van der Waals surface area contributed by atoms with Crippen LogP contribution in [0.25, 0.3) is 0 Å². The number of hydrogen-bond donors (Lipinski definition) is 1. The number of nitrogens with zero attached hydrogens (tertiary/aromatic N) is 2. The molecule has 1 heterocycles. The van der Waals surface area contributed by atoms with Crippen LogP contribution in [0.1, 0.15) is 5.69 Å². The molecule has 0 atom stereocenters. The maximum Gasteiger partial charge on any atom is 0.168 e. The molecule has 4 nitrogen and oxygen atoms in total. The van der Waals surface area contributed by atoms with Crippen molar-refractivity contribution in [3.8, 4) is 5.75 Å². The summed E-state index contributed by atoms with van der Waals surface area (Å²) in [5.41, 5.74) is 0.772. The second-order valence-corrected chi connectivity index (χ2v) is 4.97. The normalized spacial score (nSPS) is 10.7. The van der Waals surface area contributed by atoms with Gasteiger partial charge >= 0.3 is 0 Å². The van der Waals surface area contributed by atoms with Crippen LogP contribution in [0, 0.1) is 5.82 Å². The molecule has 0 bridgehead atoms. The number of ether oxygens (including phenoxy) is 1. The lowest BCUT2D eigenvalue weighted by atomic mass is 10.3. The molecule has 1 aromatic carbocycles. The molecule has 0 unspecified atom stereocenters. The Kier molecular flexibility index (Phi) is 4.81. The first-order valence-electron chi connectivity index (χ1n) is 5.83. The number of thioether (sulfide) groups is 1. The number of benzene rings is 1. The van der Waals surface area contributed by atoms with E-state index in [4.69, 9.17) is 9.84 Å². The van der Waals surface area contributed by atoms with Crippen molar-refractivity contribution in [1.82, 2.24) is 9.55 Å². The number of rotatable bonds is 6. The van der Waals surface area contributed by atoms with Gasteiger partial charge in [-0.15, -0.1) is 0 Å². The topological polar surface area (TPSA) is 47.3 Å². The van der Waals surface area contributed by atoms with Gasteiger partial charge in [-0.3, -0.25) is 0 Å². The summed E-state index contributed by atoms with van der Waals surface area (Å²) in [7, 11) is 1.86. The summed E-state index contributed by atoms with van der Waals surface area (Å²) in [4.78, 5) is 4.20. The second-order valence-electron chi connectivity index (χ2n) is 3.90. The molecule has 0 aliphatic heterocycles. The summed E-state index contributed by atoms with van der Waals surface area (Å²) in [6.45, 7) is 0.444. The highest BCUT2D eigenvalue weighted by Crippen LogP contribution is 2.18. The lowest BCUT2D eigenvalue weighted by Gasteiger charge is -2.06. The van der Waals surface area contributed by atoms with Gasteiger partial charge in [0.05, 0.1) is 25.1 Å². The minimum Gasteiger partial charge on any atom is -0.493 e. The Morgan fingerprint density at radius 1 is 1.47 bits per heavy atom. The van der Waals surface area contributed by atoms with Crippen LogP contribution in [0.3, 0.4) is 0 Å². The first kappa shape index (κ1) is 13.9. The monoisotopic (exact) mass is 282 g/mol. The van der Waals surface area contributed by atoms with Gasteiger partial charge in [-0.25, -0.2) is 9.37 Å². The van der Waals surface area contributed by atoms with Gasteiger partial charge in [-0.1, -0.05) is 17.8 Å². The van der Waals surface area contributed by atoms with Crippen molar-refractivity contribution in [2.24, 2.45) is 7.05 Å². The number of aliphatic hydroxyl groups is 1. The predicted octanol–water partition coefficient (Wildman–Crippen LogP) is 2.22. The predicted molar refractivity (Wildman–Crippen MR) is 71.7 cm³/mol. The Labute approximate surface area is 115 Å². The Bertz CT molecular complexity index is 545. The molecule has 0 fully saturated rings. The standard InChI is InChI=1S/C13H15FN2O2S/c1-16-11(9-17)8-15-13(16)19-6-5-18-12-4-2-3-10(14)7-12/h2-4,7-8,17H,5-6,9H2,1H3. The molecule has 0 aliphatic carbocycles. The van der Waals surface area contributed by atoms with E-state index in [-0.39, 0.29) is 12.4 Å². The molecule has 0 saturated heterocycles. The zero-order valence-corrected chi connectivity index (χ0v) is 11.4. The summed E-state index contributed by atoms with van der Waals surface area (Å²) < 4.78 is 20.2. The van der Waals surface area contributed by atoms with Crippen LogP contribution in [0.2, 0.25) is 0 Å². The van der Waals surface area contributed by atoms with Crippen LogP contribution < -0.4 is 4.74 Å². The highest BCUT2D eigenvalue weighted by atomic mass is 32.2. The SMILES string of the molecule is Cn1c(CO)cnc1SCCOc1cccc(F)c1. The molecule has 0 spiro atoms. The third-order valence-electron chi connectivity index (χ3n) is 2.58. The van der Waals surface area contributed by atoms with E-state index in [0.717, 1.165) is 10.9 Å². The number of hydrogen-bond acceptors (Lipinski definition) is 4. The van der Waals surface area contributed by atoms with Crippen molar-refractivity contribution in [3.63, 3.8) is 0 Å². The van der Waals surface area contributed by atoms with Crippen LogP contribution >= 0.6 is 11.8 Å². The fourth-order valence-electron chi connectivity index (χ4n) is 1.56. The lowest BCUT2D eigenvalue weighted by Crippen LogP contribution is -2.02. The first-order valence-corrected chi connectivity index (χ1v) is 6.82. The van der Waals surface area contributed by atoms with Gasteiger partial charge in [-0.2, -0.15) is 0 Å². The fourth-order valence-corrected chi connectivity index (χ4v) is 2.34. The van der Waals surface area contributed by atoms with Gasteiger partial charge in [0.1, 0.15) is 11.6 Å². The third kappa shape index (κ3) is 3.71. The molecule has 2 aromatic rings. The molecule has 0 saturated carbocycles. The molecule has 102 valence electrons. The lowest BCUT2D eigenvalue weighted by molar-refractivity contribution is 0.271. The van der Waals surface area contributed by atoms with E-state index in [1.165, 1.54) is 23.9 Å². The van der Waals surface area contributed by atoms with Crippen LogP contribution in [0.15, 0.2) is 35.6 Å². The van der Waals surface area contributed by atoms with Gasteiger partial charge in [0.15, 0.2) is 5.16 Å². The number of aromatic nitrogens is 2. The van der Waals surface area contributed by atoms with E-state index in [9.17, 15) is 4.39 Å². The highest BCUT2D eigenvalue weighted by Gasteiger charge is 2.05. The minimum absolute atomic E-state index is 0.0240. The van der Waals surface area contributed by atoms with Crippen LogP contribution in [-0.2, 0) is 13.7 Å². The third-order valence-corrected chi connectivity index (χ3v) is 3.59. The molecule has 1 N–H and O–H groups in total. The van der Waals surface area contributed by atoms with Crippen molar-refractivity contribution in [3.05, 3.63) is 42.0 Å². The van der Waals surface area contributed by atoms with Crippen molar-refractivity contribution in [2.45, 2.75) is 11.8 Å². The maximum atomic E-state index is 12.9. The van der Waals surface area contributed by atoms with Gasteiger partial charge in [0.2, 0.25) is 0 Å². The van der Waals surface area contributed by atoms with Gasteiger partial charge in [0.25, 0.3) is 0 Å². The summed E-state index contributed by atoms with van der Waals surface area (Å²) in [5.74, 6) is 0.921. The Hall–Kier alpha value is -1.53. The second kappa shape index (κ2) is 6.58. The zero-order valence-electron chi connectivity index (χ0n) is 10.5. The average molecular weight is 282 g/mol. The summed E-state index contributed by atoms with van der Waals surface area (Å²) in [6, 6.07) is 6.07. The molecule has 0 aliphatic rings. The van der Waals surface area contributed by atoms with Crippen molar-refractivity contribution >= 4 is 11.8 Å². The van der Waals surface area contributed by atoms with E-state index < -0.39 is 0 Å². The summed E-state index contributed by atoms with van der Waals surface area (Å²) in [5, 5.41) is 9.87. The van der Waals surface area contributed by atoms with E-state index in [1.807, 2.05) is 11.6 Å². The largest absolute Gasteiger partial charge is 0.493 e. The molecule has 0 amide bonds. The highest BCUT2D eigenvalue weighted by molar-refractivity contribution is 7.99. The van der Waals surface area contributed by atoms with Crippen molar-refractivity contribution < 1.29 is 14.2 Å². The molecule has 6 heteroatoms. The number of aliphatic hydroxyl groups excluding tert-OH is 1. The van der Waals surface area contributed by atoms with E-state index in [1.54, 1.807) is 18.3 Å². The molecular weight excluding hydrogens is 267 g/mol. The Balaban J connectivity index is 1.79. The smallest absolute Gasteiger partial charge is 0.168 e. The Morgan fingerprint density at radius 3 is 3.00 bits per heavy atom. The van der Waals surface area contributed by atoms with Gasteiger partial charge in [-0.05, 0) is 12.1 Å². The van der Waals surface area contributed by atoms with E-state index in [0.29, 0.717) is 18.1 Å². The van der Waals surface area contributed by atoms with Crippen LogP contribution in [0.4, 0.5) is 4.39 Å². The molecule has 19 heavy (non-hydrogen) atoms. The Morgan fingerprint density at radius 2 is 2.32 bits per heavy atom. The quantitative estimate of drug-likeness (QED) is 0.652. The molecule has 0 radical (unpaired) electrons. The number of imidazole rings is 1. The van der Waals surface area contributed by atoms with Crippen LogP contribution in [0.5, 0.6) is 5.75 Å². The summed E-state index contributed by atoms with van der Waals surface area (Å²) in [6.07, 6.45) is 1.65. The van der Waals surface area contributed by atoms with E-state index >= 15 is 0 Å². The fraction of sp³-hybridized carbons (Fsp3) is 0.308. The zero-order chi connectivity index (χ0) is 13.7. The van der Waals surface area contributed by atoms with Gasteiger partial charge in [0, 0.05) is 18.9 Å². The molecule has 2 rings (SSSR count). The molecule has 1 aromatic heterocycles. The summed E-state index contributed by atoms with van der Waals surface area (Å²) >= 11 is 1.53. The first-order chi connectivity index (χ1) is 9.20. The molecular formula is C13H15FN2O2S. The van der Waals surface area contributed by atoms with Crippen LogP contribution in [-0.4, -0.2) is 27.0 Å². The van der Waals surface area contributed by atoms with Gasteiger partial charge < -0.3 is 14.4 Å².